The van der Waals surface area contributed by atoms with E-state index < -0.39 is 5.82 Å². The molecule has 144 valence electrons. The summed E-state index contributed by atoms with van der Waals surface area (Å²) in [7, 11) is 0. The molecule has 0 bridgehead atoms. The van der Waals surface area contributed by atoms with Crippen molar-refractivity contribution >= 4 is 17.5 Å². The van der Waals surface area contributed by atoms with Crippen LogP contribution in [0.4, 0.5) is 4.39 Å². The van der Waals surface area contributed by atoms with Crippen LogP contribution in [-0.2, 0) is 17.8 Å². The molecule has 3 heterocycles. The Morgan fingerprint density at radius 3 is 2.96 bits per heavy atom. The molecule has 0 unspecified atom stereocenters. The van der Waals surface area contributed by atoms with Crippen molar-refractivity contribution < 1.29 is 9.18 Å². The molecule has 1 atom stereocenters. The first-order valence-electron chi connectivity index (χ1n) is 9.02. The zero-order valence-electron chi connectivity index (χ0n) is 15.0. The molecule has 1 saturated heterocycles. The van der Waals surface area contributed by atoms with Crippen LogP contribution in [0.2, 0.25) is 5.02 Å². The lowest BCUT2D eigenvalue weighted by molar-refractivity contribution is -0.131. The number of nitrogens with zero attached hydrogens (tertiary/aromatic N) is 6. The first-order chi connectivity index (χ1) is 13.6. The predicted octanol–water partition coefficient (Wildman–Crippen LogP) is 2.76. The van der Waals surface area contributed by atoms with Crippen molar-refractivity contribution in [3.05, 3.63) is 59.1 Å². The first kappa shape index (κ1) is 18.5. The normalized spacial score (nSPS) is 16.5. The molecule has 9 heteroatoms. The number of carbonyl (C=O) groups excluding carboxylic acids is 1. The van der Waals surface area contributed by atoms with Crippen molar-refractivity contribution in [2.24, 2.45) is 0 Å². The van der Waals surface area contributed by atoms with E-state index >= 15 is 0 Å². The third kappa shape index (κ3) is 3.87. The molecule has 28 heavy (non-hydrogen) atoms. The second-order valence-electron chi connectivity index (χ2n) is 6.67. The Morgan fingerprint density at radius 1 is 1.29 bits per heavy atom. The van der Waals surface area contributed by atoms with E-state index in [2.05, 4.69) is 20.4 Å². The van der Waals surface area contributed by atoms with Gasteiger partial charge in [0.2, 0.25) is 11.7 Å². The predicted molar refractivity (Wildman–Crippen MR) is 101 cm³/mol. The third-order valence-corrected chi connectivity index (χ3v) is 5.19. The number of carbonyl (C=O) groups is 1. The third-order valence-electron chi connectivity index (χ3n) is 4.83. The molecule has 0 radical (unpaired) electrons. The Kier molecular flexibility index (Phi) is 5.29. The smallest absolute Gasteiger partial charge is 0.227 e. The summed E-state index contributed by atoms with van der Waals surface area (Å²) in [6.45, 7) is 1.06. The van der Waals surface area contributed by atoms with Crippen molar-refractivity contribution in [1.29, 1.82) is 0 Å². The zero-order valence-corrected chi connectivity index (χ0v) is 15.8. The molecule has 7 nitrogen and oxygen atoms in total. The Morgan fingerprint density at radius 2 is 2.18 bits per heavy atom. The van der Waals surface area contributed by atoms with Gasteiger partial charge in [0, 0.05) is 35.1 Å². The zero-order chi connectivity index (χ0) is 19.5. The van der Waals surface area contributed by atoms with Crippen LogP contribution in [0, 0.1) is 5.82 Å². The van der Waals surface area contributed by atoms with Gasteiger partial charge >= 0.3 is 0 Å². The van der Waals surface area contributed by atoms with Crippen LogP contribution < -0.4 is 0 Å². The summed E-state index contributed by atoms with van der Waals surface area (Å²) in [6, 6.07) is 8.04. The number of halogens is 2. The van der Waals surface area contributed by atoms with Crippen molar-refractivity contribution in [3.63, 3.8) is 0 Å². The number of benzene rings is 1. The van der Waals surface area contributed by atoms with Crippen molar-refractivity contribution in [2.45, 2.75) is 31.8 Å². The molecule has 0 aliphatic carbocycles. The minimum absolute atomic E-state index is 0.0611. The van der Waals surface area contributed by atoms with Gasteiger partial charge in [-0.15, -0.1) is 10.2 Å². The van der Waals surface area contributed by atoms with Crippen LogP contribution in [0.3, 0.4) is 0 Å². The van der Waals surface area contributed by atoms with E-state index in [9.17, 15) is 9.18 Å². The van der Waals surface area contributed by atoms with Gasteiger partial charge < -0.3 is 4.90 Å². The van der Waals surface area contributed by atoms with Gasteiger partial charge in [0.25, 0.3) is 0 Å². The fourth-order valence-electron chi connectivity index (χ4n) is 3.43. The average Bonchev–Trinajstić information content (AvgIpc) is 3.35. The maximum atomic E-state index is 14.0. The quantitative estimate of drug-likeness (QED) is 0.658. The number of likely N-dealkylation sites (tertiary alicyclic amines) is 1. The van der Waals surface area contributed by atoms with Crippen molar-refractivity contribution in [3.8, 4) is 11.4 Å². The lowest BCUT2D eigenvalue weighted by Crippen LogP contribution is -2.39. The van der Waals surface area contributed by atoms with Crippen LogP contribution in [0.15, 0.2) is 42.7 Å². The minimum atomic E-state index is -0.462. The highest BCUT2D eigenvalue weighted by Gasteiger charge is 2.30. The molecule has 1 aromatic carbocycles. The van der Waals surface area contributed by atoms with Gasteiger partial charge in [0.05, 0.1) is 19.0 Å². The largest absolute Gasteiger partial charge is 0.337 e. The van der Waals surface area contributed by atoms with Gasteiger partial charge in [-0.3, -0.25) is 9.78 Å². The van der Waals surface area contributed by atoms with Crippen LogP contribution >= 0.6 is 11.6 Å². The number of amides is 1. The Hall–Kier alpha value is -2.87. The summed E-state index contributed by atoms with van der Waals surface area (Å²) >= 11 is 6.06. The first-order valence-corrected chi connectivity index (χ1v) is 9.40. The standard InChI is InChI=1S/C19H18ClFN6O/c20-16-6-1-7-17(21)15(16)10-18(28)26-9-3-5-14(26)12-27-24-19(23-25-27)13-4-2-8-22-11-13/h1-2,4,6-8,11,14H,3,5,9-10,12H2/t14-/m1/s1. The second kappa shape index (κ2) is 8.02. The number of pyridine rings is 1. The molecule has 0 spiro atoms. The molecule has 0 N–H and O–H groups in total. The molecule has 4 rings (SSSR count). The topological polar surface area (TPSA) is 76.8 Å². The number of aromatic nitrogens is 5. The summed E-state index contributed by atoms with van der Waals surface area (Å²) in [5.74, 6) is -0.125. The van der Waals surface area contributed by atoms with E-state index in [1.165, 1.54) is 16.9 Å². The van der Waals surface area contributed by atoms with E-state index in [0.29, 0.717) is 18.9 Å². The molecule has 1 aliphatic rings. The molecular formula is C19H18ClFN6O. The van der Waals surface area contributed by atoms with Gasteiger partial charge in [0.15, 0.2) is 0 Å². The molecule has 3 aromatic rings. The molecule has 0 saturated carbocycles. The highest BCUT2D eigenvalue weighted by molar-refractivity contribution is 6.31. The summed E-state index contributed by atoms with van der Waals surface area (Å²) in [6.07, 6.45) is 5.00. The van der Waals surface area contributed by atoms with Gasteiger partial charge in [-0.1, -0.05) is 17.7 Å². The van der Waals surface area contributed by atoms with E-state index in [1.807, 2.05) is 6.07 Å². The fraction of sp³-hybridized carbons (Fsp3) is 0.316. The fourth-order valence-corrected chi connectivity index (χ4v) is 3.66. The summed E-state index contributed by atoms with van der Waals surface area (Å²) < 4.78 is 14.0. The Labute approximate surface area is 166 Å². The lowest BCUT2D eigenvalue weighted by Gasteiger charge is -2.24. The maximum Gasteiger partial charge on any atom is 0.227 e. The maximum absolute atomic E-state index is 14.0. The number of hydrogen-bond acceptors (Lipinski definition) is 5. The van der Waals surface area contributed by atoms with Crippen LogP contribution in [0.25, 0.3) is 11.4 Å². The van der Waals surface area contributed by atoms with Crippen LogP contribution in [0.5, 0.6) is 0 Å². The molecule has 1 fully saturated rings. The van der Waals surface area contributed by atoms with E-state index in [1.54, 1.807) is 29.4 Å². The molecular weight excluding hydrogens is 383 g/mol. The molecule has 1 amide bonds. The molecule has 2 aromatic heterocycles. The minimum Gasteiger partial charge on any atom is -0.337 e. The monoisotopic (exact) mass is 400 g/mol. The molecule has 1 aliphatic heterocycles. The van der Waals surface area contributed by atoms with Gasteiger partial charge in [-0.25, -0.2) is 4.39 Å². The number of hydrogen-bond donors (Lipinski definition) is 0. The highest BCUT2D eigenvalue weighted by Crippen LogP contribution is 2.24. The Bertz CT molecular complexity index is 959. The van der Waals surface area contributed by atoms with Crippen LogP contribution in [-0.4, -0.2) is 48.6 Å². The van der Waals surface area contributed by atoms with Crippen molar-refractivity contribution in [2.75, 3.05) is 6.54 Å². The van der Waals surface area contributed by atoms with Gasteiger partial charge in [-0.05, 0) is 42.3 Å². The van der Waals surface area contributed by atoms with E-state index in [4.69, 9.17) is 11.6 Å². The summed E-state index contributed by atoms with van der Waals surface area (Å²) in [4.78, 5) is 20.1. The second-order valence-corrected chi connectivity index (χ2v) is 7.08. The van der Waals surface area contributed by atoms with Gasteiger partial charge in [0.1, 0.15) is 5.82 Å². The van der Waals surface area contributed by atoms with E-state index in [-0.39, 0.29) is 29.0 Å². The van der Waals surface area contributed by atoms with Crippen LogP contribution in [0.1, 0.15) is 18.4 Å². The number of rotatable bonds is 5. The lowest BCUT2D eigenvalue weighted by atomic mass is 10.1. The summed E-state index contributed by atoms with van der Waals surface area (Å²) in [5.41, 5.74) is 1.01. The Balaban J connectivity index is 1.45. The van der Waals surface area contributed by atoms with E-state index in [0.717, 1.165) is 18.4 Å². The SMILES string of the molecule is O=C(Cc1c(F)cccc1Cl)N1CCC[C@@H]1Cn1nnc(-c2cccnc2)n1. The highest BCUT2D eigenvalue weighted by atomic mass is 35.5. The average molecular weight is 401 g/mol. The van der Waals surface area contributed by atoms with Gasteiger partial charge in [-0.2, -0.15) is 4.80 Å². The van der Waals surface area contributed by atoms with Crippen molar-refractivity contribution in [1.82, 2.24) is 30.1 Å². The summed E-state index contributed by atoms with van der Waals surface area (Å²) in [5, 5.41) is 12.8. The number of tetrazole rings is 1.